The lowest BCUT2D eigenvalue weighted by Gasteiger charge is -2.17. The molecular formula is C18H21NO3. The summed E-state index contributed by atoms with van der Waals surface area (Å²) in [5.41, 5.74) is 2.98. The molecule has 0 aromatic heterocycles. The summed E-state index contributed by atoms with van der Waals surface area (Å²) in [7, 11) is 1.57. The van der Waals surface area contributed by atoms with Crippen LogP contribution in [0.5, 0.6) is 11.5 Å². The predicted molar refractivity (Wildman–Crippen MR) is 87.6 cm³/mol. The number of amides is 1. The molecule has 1 N–H and O–H groups in total. The molecule has 0 saturated carbocycles. The third-order valence-electron chi connectivity index (χ3n) is 3.38. The molecule has 116 valence electrons. The van der Waals surface area contributed by atoms with Crippen molar-refractivity contribution in [2.24, 2.45) is 0 Å². The quantitative estimate of drug-likeness (QED) is 0.915. The molecule has 0 spiro atoms. The second-order valence-electron chi connectivity index (χ2n) is 5.22. The van der Waals surface area contributed by atoms with Crippen molar-refractivity contribution in [2.75, 3.05) is 12.4 Å². The van der Waals surface area contributed by atoms with Crippen LogP contribution in [0.2, 0.25) is 0 Å². The second-order valence-corrected chi connectivity index (χ2v) is 5.22. The van der Waals surface area contributed by atoms with Gasteiger partial charge in [0.1, 0.15) is 0 Å². The summed E-state index contributed by atoms with van der Waals surface area (Å²) in [4.78, 5) is 12.3. The number of methoxy groups -OCH3 is 1. The Morgan fingerprint density at radius 2 is 1.77 bits per heavy atom. The second kappa shape index (κ2) is 6.98. The Hall–Kier alpha value is -2.49. The number of ether oxygens (including phenoxy) is 2. The van der Waals surface area contributed by atoms with E-state index in [1.54, 1.807) is 26.2 Å². The molecule has 0 radical (unpaired) electrons. The summed E-state index contributed by atoms with van der Waals surface area (Å²) in [6.07, 6.45) is -0.628. The maximum absolute atomic E-state index is 12.3. The van der Waals surface area contributed by atoms with E-state index in [0.717, 1.165) is 16.8 Å². The first-order valence-electron chi connectivity index (χ1n) is 7.19. The summed E-state index contributed by atoms with van der Waals surface area (Å²) in [6.45, 7) is 5.70. The van der Waals surface area contributed by atoms with Gasteiger partial charge in [-0.1, -0.05) is 29.8 Å². The van der Waals surface area contributed by atoms with Gasteiger partial charge in [-0.2, -0.15) is 0 Å². The third-order valence-corrected chi connectivity index (χ3v) is 3.38. The summed E-state index contributed by atoms with van der Waals surface area (Å²) in [6, 6.07) is 13.2. The van der Waals surface area contributed by atoms with Gasteiger partial charge in [-0.25, -0.2) is 0 Å². The fraction of sp³-hybridized carbons (Fsp3) is 0.278. The van der Waals surface area contributed by atoms with E-state index in [0.29, 0.717) is 11.5 Å². The zero-order chi connectivity index (χ0) is 16.1. The highest BCUT2D eigenvalue weighted by Crippen LogP contribution is 2.27. The molecule has 0 fully saturated rings. The first-order chi connectivity index (χ1) is 10.5. The summed E-state index contributed by atoms with van der Waals surface area (Å²) in [5.74, 6) is 0.958. The van der Waals surface area contributed by atoms with Gasteiger partial charge in [0.15, 0.2) is 17.6 Å². The minimum atomic E-state index is -0.628. The highest BCUT2D eigenvalue weighted by molar-refractivity contribution is 5.94. The minimum absolute atomic E-state index is 0.196. The Morgan fingerprint density at radius 3 is 2.41 bits per heavy atom. The number of rotatable bonds is 5. The Labute approximate surface area is 131 Å². The number of benzene rings is 2. The van der Waals surface area contributed by atoms with Gasteiger partial charge in [-0.15, -0.1) is 0 Å². The molecule has 0 unspecified atom stereocenters. The summed E-state index contributed by atoms with van der Waals surface area (Å²) in [5, 5.41) is 2.89. The number of aryl methyl sites for hydroxylation is 2. The molecule has 0 aliphatic carbocycles. The van der Waals surface area contributed by atoms with Crippen molar-refractivity contribution in [1.29, 1.82) is 0 Å². The van der Waals surface area contributed by atoms with Crippen molar-refractivity contribution in [3.8, 4) is 11.5 Å². The molecular weight excluding hydrogens is 278 g/mol. The highest BCUT2D eigenvalue weighted by Gasteiger charge is 2.17. The lowest BCUT2D eigenvalue weighted by atomic mass is 10.1. The molecule has 2 aromatic rings. The molecule has 0 aliphatic rings. The van der Waals surface area contributed by atoms with Crippen LogP contribution in [-0.2, 0) is 4.79 Å². The van der Waals surface area contributed by atoms with E-state index < -0.39 is 6.10 Å². The number of hydrogen-bond acceptors (Lipinski definition) is 3. The van der Waals surface area contributed by atoms with E-state index in [4.69, 9.17) is 9.47 Å². The molecule has 1 atom stereocenters. The Kier molecular flexibility index (Phi) is 5.04. The molecule has 0 aliphatic heterocycles. The fourth-order valence-corrected chi connectivity index (χ4v) is 2.15. The van der Waals surface area contributed by atoms with E-state index in [2.05, 4.69) is 5.32 Å². The smallest absolute Gasteiger partial charge is 0.265 e. The predicted octanol–water partition coefficient (Wildman–Crippen LogP) is 3.72. The van der Waals surface area contributed by atoms with Crippen LogP contribution in [-0.4, -0.2) is 19.1 Å². The number of anilines is 1. The molecule has 4 heteroatoms. The molecule has 2 aromatic carbocycles. The zero-order valence-corrected chi connectivity index (χ0v) is 13.3. The Bertz CT molecular complexity index is 667. The van der Waals surface area contributed by atoms with E-state index in [9.17, 15) is 4.79 Å². The lowest BCUT2D eigenvalue weighted by molar-refractivity contribution is -0.122. The molecule has 0 bridgehead atoms. The van der Waals surface area contributed by atoms with Crippen LogP contribution in [0.4, 0.5) is 5.69 Å². The number of carbonyl (C=O) groups is 1. The van der Waals surface area contributed by atoms with Crippen molar-refractivity contribution in [3.63, 3.8) is 0 Å². The fourth-order valence-electron chi connectivity index (χ4n) is 2.15. The average Bonchev–Trinajstić information content (AvgIpc) is 2.50. The molecule has 2 rings (SSSR count). The van der Waals surface area contributed by atoms with Gasteiger partial charge in [0, 0.05) is 5.69 Å². The Morgan fingerprint density at radius 1 is 1.09 bits per heavy atom. The number of nitrogens with one attached hydrogen (secondary N) is 1. The van der Waals surface area contributed by atoms with E-state index in [1.165, 1.54) is 0 Å². The maximum atomic E-state index is 12.3. The molecule has 0 saturated heterocycles. The molecule has 22 heavy (non-hydrogen) atoms. The first-order valence-corrected chi connectivity index (χ1v) is 7.19. The van der Waals surface area contributed by atoms with Gasteiger partial charge in [0.25, 0.3) is 5.91 Å². The van der Waals surface area contributed by atoms with E-state index >= 15 is 0 Å². The van der Waals surface area contributed by atoms with Crippen molar-refractivity contribution in [3.05, 3.63) is 53.6 Å². The minimum Gasteiger partial charge on any atom is -0.493 e. The van der Waals surface area contributed by atoms with Crippen LogP contribution >= 0.6 is 0 Å². The zero-order valence-electron chi connectivity index (χ0n) is 13.3. The van der Waals surface area contributed by atoms with Gasteiger partial charge in [0.2, 0.25) is 0 Å². The summed E-state index contributed by atoms with van der Waals surface area (Å²) < 4.78 is 10.9. The van der Waals surface area contributed by atoms with Crippen molar-refractivity contribution in [2.45, 2.75) is 26.9 Å². The maximum Gasteiger partial charge on any atom is 0.265 e. The Balaban J connectivity index is 2.06. The summed E-state index contributed by atoms with van der Waals surface area (Å²) >= 11 is 0. The van der Waals surface area contributed by atoms with Crippen LogP contribution in [0.25, 0.3) is 0 Å². The highest BCUT2D eigenvalue weighted by atomic mass is 16.5. The number of hydrogen-bond donors (Lipinski definition) is 1. The van der Waals surface area contributed by atoms with E-state index in [-0.39, 0.29) is 5.91 Å². The van der Waals surface area contributed by atoms with Crippen LogP contribution in [0.1, 0.15) is 18.1 Å². The SMILES string of the molecule is COc1ccccc1O[C@H](C)C(=O)Nc1ccc(C)cc1C. The van der Waals surface area contributed by atoms with Crippen LogP contribution in [0.3, 0.4) is 0 Å². The first kappa shape index (κ1) is 15.9. The normalized spacial score (nSPS) is 11.6. The van der Waals surface area contributed by atoms with Gasteiger partial charge in [-0.05, 0) is 44.5 Å². The third kappa shape index (κ3) is 3.79. The van der Waals surface area contributed by atoms with Gasteiger partial charge >= 0.3 is 0 Å². The average molecular weight is 299 g/mol. The standard InChI is InChI=1S/C18H21NO3/c1-12-9-10-15(13(2)11-12)19-18(20)14(3)22-17-8-6-5-7-16(17)21-4/h5-11,14H,1-4H3,(H,19,20)/t14-/m1/s1. The number of para-hydroxylation sites is 2. The van der Waals surface area contributed by atoms with Crippen LogP contribution in [0, 0.1) is 13.8 Å². The van der Waals surface area contributed by atoms with Gasteiger partial charge in [0.05, 0.1) is 7.11 Å². The van der Waals surface area contributed by atoms with Crippen molar-refractivity contribution < 1.29 is 14.3 Å². The van der Waals surface area contributed by atoms with Gasteiger partial charge < -0.3 is 14.8 Å². The molecule has 0 heterocycles. The van der Waals surface area contributed by atoms with Crippen LogP contribution < -0.4 is 14.8 Å². The molecule has 4 nitrogen and oxygen atoms in total. The molecule has 1 amide bonds. The lowest BCUT2D eigenvalue weighted by Crippen LogP contribution is -2.30. The largest absolute Gasteiger partial charge is 0.493 e. The number of carbonyl (C=O) groups excluding carboxylic acids is 1. The van der Waals surface area contributed by atoms with Gasteiger partial charge in [-0.3, -0.25) is 4.79 Å². The van der Waals surface area contributed by atoms with Crippen molar-refractivity contribution in [1.82, 2.24) is 0 Å². The van der Waals surface area contributed by atoms with Crippen molar-refractivity contribution >= 4 is 11.6 Å². The topological polar surface area (TPSA) is 47.6 Å². The van der Waals surface area contributed by atoms with Crippen LogP contribution in [0.15, 0.2) is 42.5 Å². The van der Waals surface area contributed by atoms with E-state index in [1.807, 2.05) is 44.2 Å². The monoisotopic (exact) mass is 299 g/mol.